The molecule has 0 spiro atoms. The number of ether oxygens (including phenoxy) is 2. The number of rotatable bonds is 9. The number of benzene rings is 3. The van der Waals surface area contributed by atoms with Crippen LogP contribution in [0.15, 0.2) is 72.8 Å². The molecule has 3 aromatic carbocycles. The lowest BCUT2D eigenvalue weighted by Gasteiger charge is -2.63. The summed E-state index contributed by atoms with van der Waals surface area (Å²) >= 11 is 0. The van der Waals surface area contributed by atoms with Gasteiger partial charge in [-0.1, -0.05) is 23.8 Å². The minimum absolute atomic E-state index is 0.409. The van der Waals surface area contributed by atoms with Gasteiger partial charge in [0.2, 0.25) is 11.8 Å². The van der Waals surface area contributed by atoms with Crippen LogP contribution in [-0.2, 0) is 19.2 Å². The predicted octanol–water partition coefficient (Wildman–Crippen LogP) is 4.16. The number of carboxylic acids is 2. The van der Waals surface area contributed by atoms with E-state index < -0.39 is 59.3 Å². The van der Waals surface area contributed by atoms with E-state index in [2.05, 4.69) is 10.6 Å². The summed E-state index contributed by atoms with van der Waals surface area (Å²) in [6.07, 6.45) is 0. The van der Waals surface area contributed by atoms with Crippen LogP contribution in [0.3, 0.4) is 0 Å². The first-order valence-electron chi connectivity index (χ1n) is 12.8. The highest BCUT2D eigenvalue weighted by molar-refractivity contribution is 5.99. The van der Waals surface area contributed by atoms with Crippen LogP contribution in [-0.4, -0.2) is 41.0 Å². The summed E-state index contributed by atoms with van der Waals surface area (Å²) in [6, 6.07) is 21.4. The van der Waals surface area contributed by atoms with E-state index in [-0.39, 0.29) is 0 Å². The van der Waals surface area contributed by atoms with Crippen LogP contribution >= 0.6 is 0 Å². The topological polar surface area (TPSA) is 151 Å². The number of nitrogens with one attached hydrogen (secondary N) is 2. The number of fused-ring (bicyclic) bond motifs is 1. The lowest BCUT2D eigenvalue weighted by molar-refractivity contribution is -0.221. The summed E-state index contributed by atoms with van der Waals surface area (Å²) in [5.74, 6) is -6.92. The van der Waals surface area contributed by atoms with E-state index in [1.807, 2.05) is 37.3 Å². The molecule has 0 saturated heterocycles. The van der Waals surface area contributed by atoms with Gasteiger partial charge >= 0.3 is 11.9 Å². The van der Waals surface area contributed by atoms with E-state index >= 15 is 0 Å². The Bertz CT molecular complexity index is 1450. The van der Waals surface area contributed by atoms with Crippen molar-refractivity contribution in [3.63, 3.8) is 0 Å². The van der Waals surface area contributed by atoms with Crippen molar-refractivity contribution in [2.75, 3.05) is 12.4 Å². The van der Waals surface area contributed by atoms with Crippen molar-refractivity contribution < 1.29 is 38.9 Å². The Morgan fingerprint density at radius 2 is 1.12 bits per heavy atom. The fraction of sp³-hybridized carbons (Fsp3) is 0.267. The molecule has 6 atom stereocenters. The Balaban J connectivity index is 1.24. The SMILES string of the molecule is CNC(=O)C1C(C(=O)O)C2C(C(=O)O)C(C(=O)Nc3ccc(Oc4cccc(Oc5ccc(C)cc5)c4)cc3)C12. The van der Waals surface area contributed by atoms with E-state index in [0.717, 1.165) is 5.56 Å². The molecule has 0 aromatic heterocycles. The monoisotopic (exact) mass is 544 g/mol. The van der Waals surface area contributed by atoms with E-state index in [9.17, 15) is 29.4 Å². The molecule has 5 rings (SSSR count). The average Bonchev–Trinajstić information content (AvgIpc) is 2.90. The number of carboxylic acid groups (broad SMARTS) is 2. The highest BCUT2D eigenvalue weighted by Gasteiger charge is 2.74. The lowest BCUT2D eigenvalue weighted by atomic mass is 9.37. The third-order valence-electron chi connectivity index (χ3n) is 7.72. The zero-order chi connectivity index (χ0) is 28.6. The fourth-order valence-corrected chi connectivity index (χ4v) is 5.86. The average molecular weight is 545 g/mol. The first kappa shape index (κ1) is 26.7. The van der Waals surface area contributed by atoms with Crippen molar-refractivity contribution in [1.82, 2.24) is 5.32 Å². The number of carbonyl (C=O) groups excluding carboxylic acids is 2. The molecule has 4 N–H and O–H groups in total. The van der Waals surface area contributed by atoms with E-state index in [0.29, 0.717) is 28.7 Å². The molecule has 0 radical (unpaired) electrons. The van der Waals surface area contributed by atoms with Gasteiger partial charge in [0.25, 0.3) is 0 Å². The number of anilines is 1. The van der Waals surface area contributed by atoms with Crippen LogP contribution in [0.5, 0.6) is 23.0 Å². The molecular weight excluding hydrogens is 516 g/mol. The summed E-state index contributed by atoms with van der Waals surface area (Å²) in [5, 5.41) is 24.4. The van der Waals surface area contributed by atoms with E-state index in [4.69, 9.17) is 9.47 Å². The van der Waals surface area contributed by atoms with Gasteiger partial charge in [-0.15, -0.1) is 0 Å². The molecule has 40 heavy (non-hydrogen) atoms. The molecule has 2 amide bonds. The van der Waals surface area contributed by atoms with Gasteiger partial charge in [0.1, 0.15) is 23.0 Å². The highest BCUT2D eigenvalue weighted by atomic mass is 16.5. The van der Waals surface area contributed by atoms with Crippen molar-refractivity contribution in [3.8, 4) is 23.0 Å². The van der Waals surface area contributed by atoms with Gasteiger partial charge < -0.3 is 30.3 Å². The Labute approximate surface area is 229 Å². The van der Waals surface area contributed by atoms with Crippen molar-refractivity contribution in [3.05, 3.63) is 78.4 Å². The van der Waals surface area contributed by atoms with Crippen LogP contribution in [0.25, 0.3) is 0 Å². The quantitative estimate of drug-likeness (QED) is 0.314. The molecule has 2 fully saturated rings. The van der Waals surface area contributed by atoms with Gasteiger partial charge in [-0.3, -0.25) is 19.2 Å². The number of hydrogen-bond acceptors (Lipinski definition) is 6. The minimum Gasteiger partial charge on any atom is -0.481 e. The van der Waals surface area contributed by atoms with Crippen LogP contribution in [0.2, 0.25) is 0 Å². The maximum atomic E-state index is 13.1. The van der Waals surface area contributed by atoms with Crippen LogP contribution in [0, 0.1) is 42.4 Å². The molecule has 6 unspecified atom stereocenters. The number of aliphatic carboxylic acids is 2. The standard InChI is InChI=1S/C30H28N2O8/c1-15-6-10-17(11-7-15)39-19-4-3-5-20(14-19)40-18-12-8-16(9-13-18)32-28(34)24-21-22(26(24)30(37)38)25(29(35)36)23(21)27(33)31-2/h3-14,21-26H,1-2H3,(H,31,33)(H,32,34)(H,35,36)(H,37,38). The molecule has 10 heteroatoms. The van der Waals surface area contributed by atoms with Crippen molar-refractivity contribution in [1.29, 1.82) is 0 Å². The molecule has 2 saturated carbocycles. The largest absolute Gasteiger partial charge is 0.481 e. The van der Waals surface area contributed by atoms with Gasteiger partial charge in [-0.25, -0.2) is 0 Å². The Morgan fingerprint density at radius 1 is 0.650 bits per heavy atom. The second-order valence-electron chi connectivity index (χ2n) is 10.1. The third-order valence-corrected chi connectivity index (χ3v) is 7.72. The maximum Gasteiger partial charge on any atom is 0.307 e. The Kier molecular flexibility index (Phi) is 7.17. The van der Waals surface area contributed by atoms with Crippen molar-refractivity contribution in [2.45, 2.75) is 6.92 Å². The summed E-state index contributed by atoms with van der Waals surface area (Å²) in [6.45, 7) is 2.00. The van der Waals surface area contributed by atoms with E-state index in [1.165, 1.54) is 7.05 Å². The number of aryl methyl sites for hydroxylation is 1. The second-order valence-corrected chi connectivity index (χ2v) is 10.1. The van der Waals surface area contributed by atoms with Gasteiger partial charge in [-0.2, -0.15) is 0 Å². The highest BCUT2D eigenvalue weighted by Crippen LogP contribution is 2.65. The summed E-state index contributed by atoms with van der Waals surface area (Å²) in [4.78, 5) is 49.1. The van der Waals surface area contributed by atoms with Crippen LogP contribution < -0.4 is 20.1 Å². The van der Waals surface area contributed by atoms with Crippen molar-refractivity contribution >= 4 is 29.4 Å². The van der Waals surface area contributed by atoms with E-state index in [1.54, 1.807) is 42.5 Å². The predicted molar refractivity (Wildman–Crippen MR) is 143 cm³/mol. The lowest BCUT2D eigenvalue weighted by Crippen LogP contribution is -2.73. The first-order valence-corrected chi connectivity index (χ1v) is 12.8. The third kappa shape index (κ3) is 4.95. The molecule has 10 nitrogen and oxygen atoms in total. The smallest absolute Gasteiger partial charge is 0.307 e. The zero-order valence-corrected chi connectivity index (χ0v) is 21.7. The number of carbonyl (C=O) groups is 4. The Hall–Kier alpha value is -4.86. The molecule has 0 bridgehead atoms. The van der Waals surface area contributed by atoms with Gasteiger partial charge in [0.15, 0.2) is 0 Å². The fourth-order valence-electron chi connectivity index (χ4n) is 5.86. The maximum absolute atomic E-state index is 13.1. The van der Waals surface area contributed by atoms with Crippen molar-refractivity contribution in [2.24, 2.45) is 35.5 Å². The summed E-state index contributed by atoms with van der Waals surface area (Å²) in [7, 11) is 1.38. The second kappa shape index (κ2) is 10.7. The molecule has 2 aliphatic rings. The zero-order valence-electron chi connectivity index (χ0n) is 21.7. The van der Waals surface area contributed by atoms with Gasteiger partial charge in [-0.05, 0) is 67.3 Å². The van der Waals surface area contributed by atoms with Crippen LogP contribution in [0.1, 0.15) is 5.56 Å². The molecule has 206 valence electrons. The number of hydrogen-bond donors (Lipinski definition) is 4. The number of amides is 2. The van der Waals surface area contributed by atoms with Gasteiger partial charge in [0.05, 0.1) is 23.7 Å². The molecule has 3 aromatic rings. The molecule has 0 aliphatic heterocycles. The molecular formula is C30H28N2O8. The molecule has 2 aliphatic carbocycles. The van der Waals surface area contributed by atoms with Gasteiger partial charge in [0, 0.05) is 18.8 Å². The Morgan fingerprint density at radius 3 is 1.62 bits per heavy atom. The summed E-state index contributed by atoms with van der Waals surface area (Å²) in [5.41, 5.74) is 1.54. The normalized spacial score (nSPS) is 24.4. The first-order chi connectivity index (χ1) is 19.2. The minimum atomic E-state index is -1.25. The van der Waals surface area contributed by atoms with Crippen LogP contribution in [0.4, 0.5) is 5.69 Å². The molecule has 0 heterocycles. The summed E-state index contributed by atoms with van der Waals surface area (Å²) < 4.78 is 11.8.